The quantitative estimate of drug-likeness (QED) is 0.469. The van der Waals surface area contributed by atoms with Crippen LogP contribution in [0.3, 0.4) is 0 Å². The molecule has 3 heterocycles. The summed E-state index contributed by atoms with van der Waals surface area (Å²) < 4.78 is 20.9. The second-order valence-electron chi connectivity index (χ2n) is 9.01. The summed E-state index contributed by atoms with van der Waals surface area (Å²) in [7, 11) is 2.07. The molecule has 4 rings (SSSR count). The molecule has 8 nitrogen and oxygen atoms in total. The Morgan fingerprint density at radius 3 is 2.50 bits per heavy atom. The molecule has 190 valence electrons. The summed E-state index contributed by atoms with van der Waals surface area (Å²) in [6.45, 7) is 14.5. The minimum absolute atomic E-state index is 0.288. The zero-order valence-electron chi connectivity index (χ0n) is 20.9. The summed E-state index contributed by atoms with van der Waals surface area (Å²) in [6, 6.07) is 3.44. The summed E-state index contributed by atoms with van der Waals surface area (Å²) >= 11 is 0. The SMILES string of the molecule is C=C/C=C(\C=C)C(=O)Nc1cc(-c2cnc(N3CCOCC3)nc2)c(F)cc1N1CCN(C)[C@@H](C)C1. The number of ether oxygens (including phenoxy) is 1. The maximum absolute atomic E-state index is 15.5. The molecule has 2 aromatic rings. The fraction of sp³-hybridized carbons (Fsp3) is 0.370. The van der Waals surface area contributed by atoms with Crippen molar-refractivity contribution >= 4 is 23.2 Å². The Kier molecular flexibility index (Phi) is 8.12. The number of anilines is 3. The Bertz CT molecular complexity index is 1140. The lowest BCUT2D eigenvalue weighted by Gasteiger charge is -2.39. The molecule has 0 bridgehead atoms. The third kappa shape index (κ3) is 5.63. The number of morpholine rings is 1. The molecule has 0 radical (unpaired) electrons. The number of amides is 1. The number of hydrogen-bond donors (Lipinski definition) is 1. The van der Waals surface area contributed by atoms with Gasteiger partial charge in [0.2, 0.25) is 5.95 Å². The smallest absolute Gasteiger partial charge is 0.255 e. The van der Waals surface area contributed by atoms with Crippen LogP contribution in [0.15, 0.2) is 61.5 Å². The molecule has 0 unspecified atom stereocenters. The Morgan fingerprint density at radius 2 is 1.86 bits per heavy atom. The van der Waals surface area contributed by atoms with Gasteiger partial charge in [0.25, 0.3) is 5.91 Å². The molecular formula is C27H33FN6O2. The first kappa shape index (κ1) is 25.5. The second-order valence-corrected chi connectivity index (χ2v) is 9.01. The van der Waals surface area contributed by atoms with E-state index >= 15 is 4.39 Å². The fourth-order valence-corrected chi connectivity index (χ4v) is 4.36. The van der Waals surface area contributed by atoms with Gasteiger partial charge in [0.15, 0.2) is 0 Å². The molecule has 0 saturated carbocycles. The Morgan fingerprint density at radius 1 is 1.14 bits per heavy atom. The maximum atomic E-state index is 15.5. The number of benzene rings is 1. The van der Waals surface area contributed by atoms with E-state index in [0.717, 1.165) is 13.1 Å². The molecular weight excluding hydrogens is 459 g/mol. The third-order valence-electron chi connectivity index (χ3n) is 6.66. The number of allylic oxidation sites excluding steroid dienone is 2. The average molecular weight is 493 g/mol. The van der Waals surface area contributed by atoms with Gasteiger partial charge in [-0.1, -0.05) is 31.4 Å². The number of piperazine rings is 1. The van der Waals surface area contributed by atoms with Crippen LogP contribution >= 0.6 is 0 Å². The van der Waals surface area contributed by atoms with Gasteiger partial charge in [-0.3, -0.25) is 4.79 Å². The lowest BCUT2D eigenvalue weighted by molar-refractivity contribution is -0.112. The van der Waals surface area contributed by atoms with E-state index in [2.05, 4.69) is 52.2 Å². The van der Waals surface area contributed by atoms with Crippen molar-refractivity contribution in [3.63, 3.8) is 0 Å². The molecule has 36 heavy (non-hydrogen) atoms. The molecule has 2 aliphatic rings. The highest BCUT2D eigenvalue weighted by Crippen LogP contribution is 2.35. The van der Waals surface area contributed by atoms with Gasteiger partial charge in [-0.15, -0.1) is 0 Å². The molecule has 0 spiro atoms. The average Bonchev–Trinajstić information content (AvgIpc) is 2.90. The number of carbonyl (C=O) groups excluding carboxylic acids is 1. The highest BCUT2D eigenvalue weighted by atomic mass is 19.1. The van der Waals surface area contributed by atoms with Crippen LogP contribution in [0.2, 0.25) is 0 Å². The van der Waals surface area contributed by atoms with Crippen LogP contribution in [0.25, 0.3) is 11.1 Å². The Labute approximate surface area is 211 Å². The highest BCUT2D eigenvalue weighted by Gasteiger charge is 2.25. The monoisotopic (exact) mass is 492 g/mol. The van der Waals surface area contributed by atoms with Crippen molar-refractivity contribution in [2.75, 3.05) is 68.1 Å². The van der Waals surface area contributed by atoms with Crippen molar-refractivity contribution in [3.05, 3.63) is 67.3 Å². The minimum Gasteiger partial charge on any atom is -0.378 e. The van der Waals surface area contributed by atoms with Crippen molar-refractivity contribution in [1.82, 2.24) is 14.9 Å². The number of hydrogen-bond acceptors (Lipinski definition) is 7. The van der Waals surface area contributed by atoms with Gasteiger partial charge >= 0.3 is 0 Å². The first-order chi connectivity index (χ1) is 17.4. The summed E-state index contributed by atoms with van der Waals surface area (Å²) in [4.78, 5) is 28.3. The largest absolute Gasteiger partial charge is 0.378 e. The van der Waals surface area contributed by atoms with Gasteiger partial charge in [-0.25, -0.2) is 14.4 Å². The van der Waals surface area contributed by atoms with E-state index in [1.54, 1.807) is 24.5 Å². The van der Waals surface area contributed by atoms with Crippen LogP contribution < -0.4 is 15.1 Å². The van der Waals surface area contributed by atoms with E-state index in [1.165, 1.54) is 18.2 Å². The standard InChI is InChI=1S/C27H33FN6O2/c1-5-7-20(6-2)26(35)31-24-14-22(21-16-29-27(30-17-21)33-10-12-36-13-11-33)23(28)15-25(24)34-9-8-32(4)19(3)18-34/h5-7,14-17,19H,1-2,8-13,18H2,3-4H3,(H,31,35)/b20-7+/t19-/m0/s1. The predicted molar refractivity (Wildman–Crippen MR) is 142 cm³/mol. The second kappa shape index (κ2) is 11.5. The lowest BCUT2D eigenvalue weighted by atomic mass is 10.0. The van der Waals surface area contributed by atoms with Crippen molar-refractivity contribution in [2.45, 2.75) is 13.0 Å². The summed E-state index contributed by atoms with van der Waals surface area (Å²) in [5.41, 5.74) is 2.37. The van der Waals surface area contributed by atoms with E-state index < -0.39 is 5.82 Å². The summed E-state index contributed by atoms with van der Waals surface area (Å²) in [5.74, 6) is -0.156. The minimum atomic E-state index is -0.400. The molecule has 1 aromatic carbocycles. The molecule has 0 aliphatic carbocycles. The molecule has 2 saturated heterocycles. The first-order valence-electron chi connectivity index (χ1n) is 12.1. The lowest BCUT2D eigenvalue weighted by Crippen LogP contribution is -2.50. The van der Waals surface area contributed by atoms with E-state index in [-0.39, 0.29) is 11.9 Å². The predicted octanol–water partition coefficient (Wildman–Crippen LogP) is 3.50. The van der Waals surface area contributed by atoms with E-state index in [1.807, 2.05) is 4.90 Å². The maximum Gasteiger partial charge on any atom is 0.255 e. The molecule has 9 heteroatoms. The highest BCUT2D eigenvalue weighted by molar-refractivity contribution is 6.07. The van der Waals surface area contributed by atoms with Crippen molar-refractivity contribution < 1.29 is 13.9 Å². The third-order valence-corrected chi connectivity index (χ3v) is 6.66. The topological polar surface area (TPSA) is 73.8 Å². The van der Waals surface area contributed by atoms with Crippen molar-refractivity contribution in [3.8, 4) is 11.1 Å². The van der Waals surface area contributed by atoms with Crippen LogP contribution in [0.1, 0.15) is 6.92 Å². The summed E-state index contributed by atoms with van der Waals surface area (Å²) in [6.07, 6.45) is 7.82. The van der Waals surface area contributed by atoms with Crippen molar-refractivity contribution in [1.29, 1.82) is 0 Å². The van der Waals surface area contributed by atoms with Gasteiger partial charge in [0.1, 0.15) is 5.82 Å². The van der Waals surface area contributed by atoms with E-state index in [9.17, 15) is 4.79 Å². The molecule has 2 fully saturated rings. The van der Waals surface area contributed by atoms with Crippen LogP contribution in [0, 0.1) is 5.82 Å². The fourth-order valence-electron chi connectivity index (χ4n) is 4.36. The molecule has 1 atom stereocenters. The van der Waals surface area contributed by atoms with Gasteiger partial charge in [-0.2, -0.15) is 0 Å². The van der Waals surface area contributed by atoms with Crippen LogP contribution in [0.5, 0.6) is 0 Å². The summed E-state index contributed by atoms with van der Waals surface area (Å²) in [5, 5.41) is 2.96. The van der Waals surface area contributed by atoms with Gasteiger partial charge < -0.3 is 24.8 Å². The van der Waals surface area contributed by atoms with Crippen molar-refractivity contribution in [2.24, 2.45) is 0 Å². The molecule has 1 amide bonds. The number of likely N-dealkylation sites (N-methyl/N-ethyl adjacent to an activating group) is 1. The molecule has 1 N–H and O–H groups in total. The van der Waals surface area contributed by atoms with Crippen LogP contribution in [-0.4, -0.2) is 79.8 Å². The molecule has 2 aliphatic heterocycles. The molecule has 1 aromatic heterocycles. The Hall–Kier alpha value is -3.56. The van der Waals surface area contributed by atoms with E-state index in [4.69, 9.17) is 4.74 Å². The van der Waals surface area contributed by atoms with Gasteiger partial charge in [0.05, 0.1) is 24.6 Å². The zero-order chi connectivity index (χ0) is 25.7. The number of carbonyl (C=O) groups is 1. The zero-order valence-corrected chi connectivity index (χ0v) is 20.9. The number of halogens is 1. The number of nitrogens with zero attached hydrogens (tertiary/aromatic N) is 5. The van der Waals surface area contributed by atoms with Gasteiger partial charge in [0, 0.05) is 67.9 Å². The van der Waals surface area contributed by atoms with Crippen LogP contribution in [-0.2, 0) is 9.53 Å². The van der Waals surface area contributed by atoms with E-state index in [0.29, 0.717) is 66.9 Å². The number of nitrogens with one attached hydrogen (secondary N) is 1. The number of rotatable bonds is 7. The Balaban J connectivity index is 1.69. The number of aromatic nitrogens is 2. The first-order valence-corrected chi connectivity index (χ1v) is 12.1. The van der Waals surface area contributed by atoms with Gasteiger partial charge in [-0.05, 0) is 26.1 Å². The normalized spacial score (nSPS) is 19.2. The van der Waals surface area contributed by atoms with Crippen LogP contribution in [0.4, 0.5) is 21.7 Å².